The van der Waals surface area contributed by atoms with Crippen LogP contribution >= 0.6 is 0 Å². The van der Waals surface area contributed by atoms with Crippen LogP contribution < -0.4 is 4.74 Å². The van der Waals surface area contributed by atoms with E-state index in [1.165, 1.54) is 19.2 Å². The maximum absolute atomic E-state index is 13.4. The number of aromatic carboxylic acids is 1. The summed E-state index contributed by atoms with van der Waals surface area (Å²) in [5, 5.41) is 8.98. The summed E-state index contributed by atoms with van der Waals surface area (Å²) < 4.78 is 18.1. The van der Waals surface area contributed by atoms with Crippen LogP contribution in [0.3, 0.4) is 0 Å². The average molecular weight is 210 g/mol. The normalized spacial score (nSPS) is 15.1. The van der Waals surface area contributed by atoms with Gasteiger partial charge in [0, 0.05) is 0 Å². The molecule has 0 amide bonds. The van der Waals surface area contributed by atoms with E-state index in [9.17, 15) is 9.18 Å². The molecule has 0 aromatic heterocycles. The molecule has 1 saturated carbocycles. The number of carboxylic acid groups (broad SMARTS) is 1. The molecule has 1 aliphatic carbocycles. The van der Waals surface area contributed by atoms with Gasteiger partial charge in [0.15, 0.2) is 11.6 Å². The number of rotatable bonds is 3. The van der Waals surface area contributed by atoms with E-state index in [-0.39, 0.29) is 17.2 Å². The number of carbonyl (C=O) groups is 1. The first-order valence-electron chi connectivity index (χ1n) is 4.74. The van der Waals surface area contributed by atoms with Crippen LogP contribution in [-0.2, 0) is 0 Å². The monoisotopic (exact) mass is 210 g/mol. The Morgan fingerprint density at radius 1 is 1.53 bits per heavy atom. The Labute approximate surface area is 86.5 Å². The molecular weight excluding hydrogens is 199 g/mol. The Balaban J connectivity index is 2.52. The largest absolute Gasteiger partial charge is 0.494 e. The number of benzene rings is 1. The Kier molecular flexibility index (Phi) is 2.34. The lowest BCUT2D eigenvalue weighted by Gasteiger charge is -2.08. The Bertz CT molecular complexity index is 411. The fourth-order valence-corrected chi connectivity index (χ4v) is 1.64. The zero-order valence-corrected chi connectivity index (χ0v) is 8.29. The Morgan fingerprint density at radius 2 is 2.20 bits per heavy atom. The smallest absolute Gasteiger partial charge is 0.336 e. The molecule has 0 heterocycles. The van der Waals surface area contributed by atoms with Crippen LogP contribution in [-0.4, -0.2) is 18.2 Å². The van der Waals surface area contributed by atoms with Gasteiger partial charge < -0.3 is 9.84 Å². The van der Waals surface area contributed by atoms with Gasteiger partial charge in [-0.05, 0) is 36.5 Å². The quantitative estimate of drug-likeness (QED) is 0.833. The number of halogens is 1. The molecule has 0 saturated heterocycles. The molecular formula is C11H11FO3. The summed E-state index contributed by atoms with van der Waals surface area (Å²) in [4.78, 5) is 11.0. The summed E-state index contributed by atoms with van der Waals surface area (Å²) in [6.07, 6.45) is 1.87. The highest BCUT2D eigenvalue weighted by atomic mass is 19.1. The van der Waals surface area contributed by atoms with Crippen LogP contribution in [0.15, 0.2) is 12.1 Å². The van der Waals surface area contributed by atoms with Crippen molar-refractivity contribution in [3.63, 3.8) is 0 Å². The minimum absolute atomic E-state index is 0.0169. The average Bonchev–Trinajstić information content (AvgIpc) is 3.00. The third kappa shape index (κ3) is 1.79. The molecule has 0 bridgehead atoms. The maximum Gasteiger partial charge on any atom is 0.336 e. The van der Waals surface area contributed by atoms with E-state index < -0.39 is 11.8 Å². The van der Waals surface area contributed by atoms with Crippen molar-refractivity contribution in [3.05, 3.63) is 29.1 Å². The lowest BCUT2D eigenvalue weighted by atomic mass is 10.0. The summed E-state index contributed by atoms with van der Waals surface area (Å²) in [5.74, 6) is -1.34. The fraction of sp³-hybridized carbons (Fsp3) is 0.364. The van der Waals surface area contributed by atoms with Gasteiger partial charge in [0.1, 0.15) is 0 Å². The first-order valence-corrected chi connectivity index (χ1v) is 4.74. The zero-order valence-electron chi connectivity index (χ0n) is 8.29. The second-order valence-electron chi connectivity index (χ2n) is 3.65. The highest BCUT2D eigenvalue weighted by molar-refractivity contribution is 5.90. The maximum atomic E-state index is 13.4. The summed E-state index contributed by atoms with van der Waals surface area (Å²) in [6.45, 7) is 0. The van der Waals surface area contributed by atoms with E-state index in [0.717, 1.165) is 12.8 Å². The van der Waals surface area contributed by atoms with Crippen LogP contribution in [0.5, 0.6) is 5.75 Å². The summed E-state index contributed by atoms with van der Waals surface area (Å²) >= 11 is 0. The van der Waals surface area contributed by atoms with Crippen LogP contribution in [0.2, 0.25) is 0 Å². The Morgan fingerprint density at radius 3 is 2.67 bits per heavy atom. The molecule has 1 aliphatic rings. The molecule has 80 valence electrons. The topological polar surface area (TPSA) is 46.5 Å². The highest BCUT2D eigenvalue weighted by Crippen LogP contribution is 2.43. The lowest BCUT2D eigenvalue weighted by molar-refractivity contribution is 0.0695. The van der Waals surface area contributed by atoms with Crippen LogP contribution in [0.4, 0.5) is 4.39 Å². The first-order chi connectivity index (χ1) is 7.13. The minimum atomic E-state index is -1.03. The van der Waals surface area contributed by atoms with Gasteiger partial charge in [-0.3, -0.25) is 0 Å². The lowest BCUT2D eigenvalue weighted by Crippen LogP contribution is -2.04. The van der Waals surface area contributed by atoms with Crippen LogP contribution in [0, 0.1) is 5.82 Å². The number of methoxy groups -OCH3 is 1. The van der Waals surface area contributed by atoms with Crippen molar-refractivity contribution in [2.75, 3.05) is 7.11 Å². The van der Waals surface area contributed by atoms with Gasteiger partial charge in [-0.25, -0.2) is 9.18 Å². The summed E-state index contributed by atoms with van der Waals surface area (Å²) in [7, 11) is 1.32. The first kappa shape index (κ1) is 9.96. The summed E-state index contributed by atoms with van der Waals surface area (Å²) in [5.41, 5.74) is 0.733. The Hall–Kier alpha value is -1.58. The fourth-order valence-electron chi connectivity index (χ4n) is 1.64. The van der Waals surface area contributed by atoms with Gasteiger partial charge in [0.05, 0.1) is 12.7 Å². The van der Waals surface area contributed by atoms with E-state index in [4.69, 9.17) is 9.84 Å². The van der Waals surface area contributed by atoms with E-state index in [2.05, 4.69) is 0 Å². The van der Waals surface area contributed by atoms with E-state index in [1.807, 2.05) is 0 Å². The van der Waals surface area contributed by atoms with Gasteiger partial charge >= 0.3 is 5.97 Å². The highest BCUT2D eigenvalue weighted by Gasteiger charge is 2.29. The number of hydrogen-bond donors (Lipinski definition) is 1. The van der Waals surface area contributed by atoms with Crippen molar-refractivity contribution < 1.29 is 19.0 Å². The molecule has 0 radical (unpaired) electrons. The molecule has 1 aromatic carbocycles. The molecule has 15 heavy (non-hydrogen) atoms. The third-order valence-electron chi connectivity index (χ3n) is 2.57. The molecule has 1 aromatic rings. The second-order valence-corrected chi connectivity index (χ2v) is 3.65. The van der Waals surface area contributed by atoms with Crippen molar-refractivity contribution in [1.29, 1.82) is 0 Å². The van der Waals surface area contributed by atoms with E-state index in [1.54, 1.807) is 0 Å². The van der Waals surface area contributed by atoms with Gasteiger partial charge in [-0.1, -0.05) is 0 Å². The van der Waals surface area contributed by atoms with Crippen molar-refractivity contribution >= 4 is 5.97 Å². The standard InChI is InChI=1S/C11H11FO3/c1-15-10-5-8(11(13)14)7(4-9(10)12)6-2-3-6/h4-6H,2-3H2,1H3,(H,13,14). The van der Waals surface area contributed by atoms with Crippen LogP contribution in [0.25, 0.3) is 0 Å². The molecule has 2 rings (SSSR count). The molecule has 0 atom stereocenters. The van der Waals surface area contributed by atoms with Crippen molar-refractivity contribution in [2.24, 2.45) is 0 Å². The van der Waals surface area contributed by atoms with E-state index >= 15 is 0 Å². The SMILES string of the molecule is COc1cc(C(=O)O)c(C2CC2)cc1F. The molecule has 1 fully saturated rings. The van der Waals surface area contributed by atoms with Crippen molar-refractivity contribution in [3.8, 4) is 5.75 Å². The molecule has 1 N–H and O–H groups in total. The van der Waals surface area contributed by atoms with E-state index in [0.29, 0.717) is 5.56 Å². The van der Waals surface area contributed by atoms with Crippen molar-refractivity contribution in [2.45, 2.75) is 18.8 Å². The molecule has 4 heteroatoms. The third-order valence-corrected chi connectivity index (χ3v) is 2.57. The number of carboxylic acids is 1. The summed E-state index contributed by atoms with van der Waals surface area (Å²) in [6, 6.07) is 2.53. The van der Waals surface area contributed by atoms with Gasteiger partial charge in [0.25, 0.3) is 0 Å². The molecule has 3 nitrogen and oxygen atoms in total. The predicted molar refractivity (Wildman–Crippen MR) is 51.9 cm³/mol. The zero-order chi connectivity index (χ0) is 11.0. The van der Waals surface area contributed by atoms with Gasteiger partial charge in [0.2, 0.25) is 0 Å². The molecule has 0 aliphatic heterocycles. The number of hydrogen-bond acceptors (Lipinski definition) is 2. The minimum Gasteiger partial charge on any atom is -0.494 e. The van der Waals surface area contributed by atoms with Gasteiger partial charge in [-0.2, -0.15) is 0 Å². The van der Waals surface area contributed by atoms with Crippen molar-refractivity contribution in [1.82, 2.24) is 0 Å². The van der Waals surface area contributed by atoms with Gasteiger partial charge in [-0.15, -0.1) is 0 Å². The molecule has 0 spiro atoms. The number of ether oxygens (including phenoxy) is 1. The second kappa shape index (κ2) is 3.53. The van der Waals surface area contributed by atoms with Crippen LogP contribution in [0.1, 0.15) is 34.7 Å². The molecule has 0 unspecified atom stereocenters. The predicted octanol–water partition coefficient (Wildman–Crippen LogP) is 2.41.